The maximum absolute atomic E-state index is 12.7. The summed E-state index contributed by atoms with van der Waals surface area (Å²) < 4.78 is 28.8. The summed E-state index contributed by atoms with van der Waals surface area (Å²) in [6.45, 7) is 5.29. The van der Waals surface area contributed by atoms with E-state index in [4.69, 9.17) is 0 Å². The first kappa shape index (κ1) is 21.3. The lowest BCUT2D eigenvalue weighted by molar-refractivity contribution is -0.115. The molecule has 9 nitrogen and oxygen atoms in total. The van der Waals surface area contributed by atoms with Crippen LogP contribution in [0.5, 0.6) is 0 Å². The lowest BCUT2D eigenvalue weighted by atomic mass is 10.3. The molecule has 2 heterocycles. The number of imidazole rings is 1. The summed E-state index contributed by atoms with van der Waals surface area (Å²) in [6.07, 6.45) is 0. The molecule has 1 unspecified atom stereocenters. The van der Waals surface area contributed by atoms with Crippen molar-refractivity contribution in [2.45, 2.75) is 42.1 Å². The highest BCUT2D eigenvalue weighted by Crippen LogP contribution is 2.26. The van der Waals surface area contributed by atoms with E-state index in [9.17, 15) is 13.2 Å². The number of amides is 1. The fourth-order valence-electron chi connectivity index (χ4n) is 3.07. The van der Waals surface area contributed by atoms with Crippen LogP contribution in [0.15, 0.2) is 58.6 Å². The van der Waals surface area contributed by atoms with E-state index in [-0.39, 0.29) is 16.8 Å². The number of benzene rings is 2. The number of thioether (sulfide) groups is 1. The molecule has 4 aromatic rings. The third kappa shape index (κ3) is 4.43. The van der Waals surface area contributed by atoms with Gasteiger partial charge in [-0.25, -0.2) is 23.2 Å². The van der Waals surface area contributed by atoms with Crippen molar-refractivity contribution in [1.82, 2.24) is 24.3 Å². The molecule has 2 aromatic heterocycles. The fourth-order valence-corrected chi connectivity index (χ4v) is 5.19. The molecule has 0 aliphatic heterocycles. The van der Waals surface area contributed by atoms with Crippen molar-refractivity contribution in [2.75, 3.05) is 5.32 Å². The maximum Gasteiger partial charge on any atom is 0.240 e. The van der Waals surface area contributed by atoms with Gasteiger partial charge < -0.3 is 5.32 Å². The van der Waals surface area contributed by atoms with E-state index in [0.29, 0.717) is 16.6 Å². The summed E-state index contributed by atoms with van der Waals surface area (Å²) >= 11 is 1.30. The van der Waals surface area contributed by atoms with Gasteiger partial charge in [-0.05, 0) is 57.2 Å². The number of carbonyl (C=O) groups is 1. The summed E-state index contributed by atoms with van der Waals surface area (Å²) in [5, 5.41) is 10.2. The average molecular weight is 459 g/mol. The second-order valence-corrected chi connectivity index (χ2v) is 10.3. The van der Waals surface area contributed by atoms with Gasteiger partial charge in [0.25, 0.3) is 0 Å². The Hall–Kier alpha value is -2.89. The first-order valence-corrected chi connectivity index (χ1v) is 12.0. The minimum Gasteiger partial charge on any atom is -0.325 e. The molecular formula is C20H22N6O3S2. The minimum atomic E-state index is -3.58. The van der Waals surface area contributed by atoms with E-state index in [1.807, 2.05) is 28.7 Å². The van der Waals surface area contributed by atoms with Crippen LogP contribution in [0.4, 0.5) is 5.69 Å². The van der Waals surface area contributed by atoms with Gasteiger partial charge in [0, 0.05) is 11.7 Å². The largest absolute Gasteiger partial charge is 0.325 e. The molecule has 4 rings (SSSR count). The van der Waals surface area contributed by atoms with Crippen LogP contribution in [0, 0.1) is 0 Å². The molecule has 0 fully saturated rings. The molecule has 2 aromatic carbocycles. The molecule has 31 heavy (non-hydrogen) atoms. The summed E-state index contributed by atoms with van der Waals surface area (Å²) in [5.74, 6) is 0.393. The highest BCUT2D eigenvalue weighted by molar-refractivity contribution is 8.00. The van der Waals surface area contributed by atoms with Gasteiger partial charge in [-0.15, -0.1) is 5.10 Å². The van der Waals surface area contributed by atoms with E-state index in [2.05, 4.69) is 25.2 Å². The number of hydrogen-bond acceptors (Lipinski definition) is 6. The van der Waals surface area contributed by atoms with E-state index < -0.39 is 15.3 Å². The van der Waals surface area contributed by atoms with Crippen molar-refractivity contribution in [3.8, 4) is 0 Å². The van der Waals surface area contributed by atoms with Crippen LogP contribution in [-0.2, 0) is 14.8 Å². The third-order valence-corrected chi connectivity index (χ3v) is 7.20. The van der Waals surface area contributed by atoms with Gasteiger partial charge >= 0.3 is 0 Å². The molecule has 162 valence electrons. The Kier molecular flexibility index (Phi) is 5.73. The SMILES string of the molecule is CC(C)NS(=O)(=O)c1ccc(NC(=O)C(C)Sc2n[nH]c3nc4ccccc4n23)cc1. The molecular weight excluding hydrogens is 436 g/mol. The van der Waals surface area contributed by atoms with Crippen LogP contribution < -0.4 is 10.0 Å². The number of fused-ring (bicyclic) bond motifs is 3. The van der Waals surface area contributed by atoms with E-state index in [0.717, 1.165) is 11.0 Å². The highest BCUT2D eigenvalue weighted by atomic mass is 32.2. The van der Waals surface area contributed by atoms with Crippen LogP contribution in [0.25, 0.3) is 16.8 Å². The van der Waals surface area contributed by atoms with Crippen molar-refractivity contribution in [3.63, 3.8) is 0 Å². The average Bonchev–Trinajstić information content (AvgIpc) is 3.27. The van der Waals surface area contributed by atoms with Crippen LogP contribution in [0.1, 0.15) is 20.8 Å². The quantitative estimate of drug-likeness (QED) is 0.366. The Morgan fingerprint density at radius 1 is 1.10 bits per heavy atom. The zero-order valence-corrected chi connectivity index (χ0v) is 18.8. The molecule has 3 N–H and O–H groups in total. The predicted molar refractivity (Wildman–Crippen MR) is 121 cm³/mol. The van der Waals surface area contributed by atoms with Crippen molar-refractivity contribution in [3.05, 3.63) is 48.5 Å². The van der Waals surface area contributed by atoms with E-state index in [1.54, 1.807) is 32.9 Å². The third-order valence-electron chi connectivity index (χ3n) is 4.48. The van der Waals surface area contributed by atoms with E-state index in [1.165, 1.54) is 23.9 Å². The molecule has 0 bridgehead atoms. The number of H-pyrrole nitrogens is 1. The molecule has 1 amide bonds. The second-order valence-electron chi connectivity index (χ2n) is 7.32. The molecule has 0 saturated heterocycles. The molecule has 0 aliphatic carbocycles. The molecule has 0 saturated carbocycles. The van der Waals surface area contributed by atoms with Crippen molar-refractivity contribution < 1.29 is 13.2 Å². The van der Waals surface area contributed by atoms with Crippen molar-refractivity contribution in [1.29, 1.82) is 0 Å². The van der Waals surface area contributed by atoms with Crippen LogP contribution in [-0.4, -0.2) is 45.2 Å². The van der Waals surface area contributed by atoms with Gasteiger partial charge in [0.05, 0.1) is 21.2 Å². The summed E-state index contributed by atoms with van der Waals surface area (Å²) in [5.41, 5.74) is 2.27. The number of para-hydroxylation sites is 2. The van der Waals surface area contributed by atoms with Gasteiger partial charge in [-0.1, -0.05) is 23.9 Å². The Bertz CT molecular complexity index is 1340. The van der Waals surface area contributed by atoms with Crippen molar-refractivity contribution >= 4 is 50.2 Å². The normalized spacial score (nSPS) is 13.2. The lowest BCUT2D eigenvalue weighted by Crippen LogP contribution is -2.30. The standard InChI is InChI=1S/C20H22N6O3S2/c1-12(2)25-31(28,29)15-10-8-14(9-11-15)21-18(27)13(3)30-20-24-23-19-22-16-6-4-5-7-17(16)26(19)20/h4-13,25H,1-3H3,(H,21,27)(H,22,23). The number of rotatable bonds is 7. The fraction of sp³-hybridized carbons (Fsp3) is 0.250. The number of aromatic nitrogens is 4. The van der Waals surface area contributed by atoms with Crippen LogP contribution >= 0.6 is 11.8 Å². The van der Waals surface area contributed by atoms with Gasteiger partial charge in [0.15, 0.2) is 5.16 Å². The van der Waals surface area contributed by atoms with E-state index >= 15 is 0 Å². The predicted octanol–water partition coefficient (Wildman–Crippen LogP) is 3.02. The molecule has 1 atom stereocenters. The Labute approximate surface area is 183 Å². The Morgan fingerprint density at radius 3 is 2.52 bits per heavy atom. The minimum absolute atomic E-state index is 0.146. The van der Waals surface area contributed by atoms with Gasteiger partial charge in [0.2, 0.25) is 21.7 Å². The molecule has 0 aliphatic rings. The van der Waals surface area contributed by atoms with Gasteiger partial charge in [-0.2, -0.15) is 0 Å². The highest BCUT2D eigenvalue weighted by Gasteiger charge is 2.20. The van der Waals surface area contributed by atoms with Crippen molar-refractivity contribution in [2.24, 2.45) is 0 Å². The summed E-state index contributed by atoms with van der Waals surface area (Å²) in [6, 6.07) is 13.6. The Morgan fingerprint density at radius 2 is 1.81 bits per heavy atom. The monoisotopic (exact) mass is 458 g/mol. The van der Waals surface area contributed by atoms with Crippen LogP contribution in [0.2, 0.25) is 0 Å². The number of aromatic amines is 1. The zero-order chi connectivity index (χ0) is 22.2. The first-order valence-electron chi connectivity index (χ1n) is 9.66. The summed E-state index contributed by atoms with van der Waals surface area (Å²) in [7, 11) is -3.58. The number of anilines is 1. The number of nitrogens with one attached hydrogen (secondary N) is 3. The van der Waals surface area contributed by atoms with Crippen LogP contribution in [0.3, 0.4) is 0 Å². The Balaban J connectivity index is 1.46. The maximum atomic E-state index is 12.7. The number of hydrogen-bond donors (Lipinski definition) is 3. The summed E-state index contributed by atoms with van der Waals surface area (Å²) in [4.78, 5) is 17.3. The molecule has 11 heteroatoms. The molecule has 0 radical (unpaired) electrons. The number of nitrogens with zero attached hydrogens (tertiary/aromatic N) is 3. The van der Waals surface area contributed by atoms with Gasteiger partial charge in [0.1, 0.15) is 0 Å². The number of carbonyl (C=O) groups excluding carboxylic acids is 1. The lowest BCUT2D eigenvalue weighted by Gasteiger charge is -2.12. The second kappa shape index (κ2) is 8.33. The zero-order valence-electron chi connectivity index (χ0n) is 17.2. The first-order chi connectivity index (χ1) is 14.7. The number of sulfonamides is 1. The molecule has 0 spiro atoms. The smallest absolute Gasteiger partial charge is 0.240 e. The topological polar surface area (TPSA) is 121 Å². The van der Waals surface area contributed by atoms with Gasteiger partial charge in [-0.3, -0.25) is 9.20 Å².